The van der Waals surface area contributed by atoms with E-state index >= 15 is 0 Å². The van der Waals surface area contributed by atoms with Crippen molar-refractivity contribution >= 4 is 10.0 Å². The van der Waals surface area contributed by atoms with Crippen LogP contribution in [0, 0.1) is 5.92 Å². The predicted molar refractivity (Wildman–Crippen MR) is 88.0 cm³/mol. The minimum atomic E-state index is -3.15. The monoisotopic (exact) mass is 325 g/mol. The van der Waals surface area contributed by atoms with Crippen LogP contribution in [0.25, 0.3) is 0 Å². The van der Waals surface area contributed by atoms with Gasteiger partial charge >= 0.3 is 0 Å². The molecule has 1 aromatic heterocycles. The summed E-state index contributed by atoms with van der Waals surface area (Å²) >= 11 is 0. The average Bonchev–Trinajstić information content (AvgIpc) is 3.13. The van der Waals surface area contributed by atoms with Crippen molar-refractivity contribution < 1.29 is 8.42 Å². The molecule has 0 bridgehead atoms. The van der Waals surface area contributed by atoms with E-state index in [4.69, 9.17) is 0 Å². The molecule has 0 spiro atoms. The van der Waals surface area contributed by atoms with Crippen LogP contribution in [0.3, 0.4) is 0 Å². The van der Waals surface area contributed by atoms with Gasteiger partial charge in [-0.3, -0.25) is 4.90 Å². The Bertz CT molecular complexity index is 611. The summed E-state index contributed by atoms with van der Waals surface area (Å²) in [4.78, 5) is 2.43. The maximum absolute atomic E-state index is 11.8. The maximum atomic E-state index is 11.8. The van der Waals surface area contributed by atoms with E-state index in [1.807, 2.05) is 0 Å². The topological polar surface area (TPSA) is 54.3 Å². The van der Waals surface area contributed by atoms with E-state index in [0.717, 1.165) is 44.8 Å². The van der Waals surface area contributed by atoms with Gasteiger partial charge in [0.25, 0.3) is 0 Å². The summed E-state index contributed by atoms with van der Waals surface area (Å²) in [6, 6.07) is 4.22. The summed E-state index contributed by atoms with van der Waals surface area (Å²) in [5.74, 6) is 0.730. The zero-order valence-corrected chi connectivity index (χ0v) is 14.4. The number of hydrogen-bond acceptors (Lipinski definition) is 3. The van der Waals surface area contributed by atoms with Crippen molar-refractivity contribution in [2.75, 3.05) is 19.3 Å². The molecule has 124 valence electrons. The second kappa shape index (κ2) is 5.98. The van der Waals surface area contributed by atoms with Gasteiger partial charge in [-0.25, -0.2) is 13.1 Å². The Balaban J connectivity index is 1.62. The number of aromatic nitrogens is 1. The molecule has 0 unspecified atom stereocenters. The van der Waals surface area contributed by atoms with Crippen LogP contribution < -0.4 is 4.72 Å². The summed E-state index contributed by atoms with van der Waals surface area (Å²) in [7, 11) is -1.08. The zero-order chi connectivity index (χ0) is 15.8. The lowest BCUT2D eigenvalue weighted by Crippen LogP contribution is -2.55. The first-order valence-corrected chi connectivity index (χ1v) is 10.1. The first kappa shape index (κ1) is 16.0. The highest BCUT2D eigenvalue weighted by Gasteiger charge is 2.41. The molecule has 1 aliphatic carbocycles. The highest BCUT2D eigenvalue weighted by molar-refractivity contribution is 7.88. The molecule has 22 heavy (non-hydrogen) atoms. The Hall–Kier alpha value is -0.850. The molecule has 1 aliphatic heterocycles. The molecule has 0 radical (unpaired) electrons. The van der Waals surface area contributed by atoms with Crippen molar-refractivity contribution in [1.82, 2.24) is 14.2 Å². The van der Waals surface area contributed by atoms with Gasteiger partial charge in [-0.15, -0.1) is 0 Å². The number of nitrogens with zero attached hydrogens (tertiary/aromatic N) is 2. The van der Waals surface area contributed by atoms with Gasteiger partial charge in [0.2, 0.25) is 10.0 Å². The Morgan fingerprint density at radius 3 is 2.50 bits per heavy atom. The summed E-state index contributed by atoms with van der Waals surface area (Å²) in [5, 5.41) is 0. The molecule has 1 saturated heterocycles. The minimum absolute atomic E-state index is 0.209. The average molecular weight is 325 g/mol. The number of piperidine rings is 1. The Morgan fingerprint density at radius 1 is 1.32 bits per heavy atom. The van der Waals surface area contributed by atoms with Crippen LogP contribution in [0.1, 0.15) is 37.8 Å². The van der Waals surface area contributed by atoms with Gasteiger partial charge in [-0.05, 0) is 37.3 Å². The van der Waals surface area contributed by atoms with Crippen molar-refractivity contribution in [1.29, 1.82) is 0 Å². The van der Waals surface area contributed by atoms with Gasteiger partial charge in [-0.1, -0.05) is 12.8 Å². The Kier molecular flexibility index (Phi) is 4.36. The van der Waals surface area contributed by atoms with E-state index in [1.54, 1.807) is 0 Å². The first-order valence-electron chi connectivity index (χ1n) is 8.17. The molecule has 1 saturated carbocycles. The molecule has 2 aliphatic rings. The Morgan fingerprint density at radius 2 is 2.00 bits per heavy atom. The van der Waals surface area contributed by atoms with E-state index in [2.05, 4.69) is 39.6 Å². The van der Waals surface area contributed by atoms with Crippen molar-refractivity contribution in [2.24, 2.45) is 13.0 Å². The van der Waals surface area contributed by atoms with Gasteiger partial charge in [0, 0.05) is 44.1 Å². The van der Waals surface area contributed by atoms with Gasteiger partial charge in [0.15, 0.2) is 0 Å². The molecule has 1 N–H and O–H groups in total. The van der Waals surface area contributed by atoms with Crippen LogP contribution in [-0.4, -0.2) is 42.8 Å². The van der Waals surface area contributed by atoms with E-state index in [-0.39, 0.29) is 5.54 Å². The van der Waals surface area contributed by atoms with Gasteiger partial charge in [0.1, 0.15) is 0 Å². The molecule has 0 atom stereocenters. The highest BCUT2D eigenvalue weighted by Crippen LogP contribution is 2.41. The lowest BCUT2D eigenvalue weighted by atomic mass is 9.83. The van der Waals surface area contributed by atoms with E-state index in [9.17, 15) is 8.42 Å². The number of hydrogen-bond donors (Lipinski definition) is 1. The highest BCUT2D eigenvalue weighted by atomic mass is 32.2. The molecule has 0 amide bonds. The van der Waals surface area contributed by atoms with Gasteiger partial charge < -0.3 is 4.57 Å². The zero-order valence-electron chi connectivity index (χ0n) is 13.6. The molecule has 3 rings (SSSR count). The molecule has 6 heteroatoms. The first-order chi connectivity index (χ1) is 10.4. The quantitative estimate of drug-likeness (QED) is 0.866. The molecule has 5 nitrogen and oxygen atoms in total. The van der Waals surface area contributed by atoms with Gasteiger partial charge in [0.05, 0.1) is 6.26 Å². The van der Waals surface area contributed by atoms with Crippen molar-refractivity contribution in [3.05, 3.63) is 24.0 Å². The van der Waals surface area contributed by atoms with E-state index in [1.165, 1.54) is 24.8 Å². The molecule has 0 aromatic carbocycles. The Labute approximate surface area is 133 Å². The fraction of sp³-hybridized carbons (Fsp3) is 0.750. The fourth-order valence-electron chi connectivity index (χ4n) is 3.64. The minimum Gasteiger partial charge on any atom is -0.353 e. The van der Waals surface area contributed by atoms with Crippen molar-refractivity contribution in [2.45, 2.75) is 44.2 Å². The van der Waals surface area contributed by atoms with Crippen LogP contribution in [-0.2, 0) is 23.6 Å². The SMILES string of the molecule is Cn1cccc1CN1CCC(CC2CC2)(NS(C)(=O)=O)CC1. The normalized spacial score (nSPS) is 22.8. The van der Waals surface area contributed by atoms with E-state index < -0.39 is 10.0 Å². The van der Waals surface area contributed by atoms with Crippen molar-refractivity contribution in [3.63, 3.8) is 0 Å². The second-order valence-corrected chi connectivity index (χ2v) is 8.94. The maximum Gasteiger partial charge on any atom is 0.209 e. The largest absolute Gasteiger partial charge is 0.353 e. The van der Waals surface area contributed by atoms with Crippen LogP contribution in [0.4, 0.5) is 0 Å². The van der Waals surface area contributed by atoms with Crippen LogP contribution in [0.5, 0.6) is 0 Å². The van der Waals surface area contributed by atoms with Crippen LogP contribution >= 0.6 is 0 Å². The lowest BCUT2D eigenvalue weighted by molar-refractivity contribution is 0.132. The molecular weight excluding hydrogens is 298 g/mol. The van der Waals surface area contributed by atoms with Crippen LogP contribution in [0.15, 0.2) is 18.3 Å². The number of likely N-dealkylation sites (tertiary alicyclic amines) is 1. The standard InChI is InChI=1S/C16H27N3O2S/c1-18-9-3-4-15(18)13-19-10-7-16(8-11-19,12-14-5-6-14)17-22(2,20)21/h3-4,9,14,17H,5-8,10-13H2,1-2H3. The second-order valence-electron chi connectivity index (χ2n) is 7.19. The smallest absolute Gasteiger partial charge is 0.209 e. The number of rotatable bonds is 6. The molecule has 2 heterocycles. The number of aryl methyl sites for hydroxylation is 1. The summed E-state index contributed by atoms with van der Waals surface area (Å²) in [5.41, 5.74) is 1.10. The predicted octanol–water partition coefficient (Wildman–Crippen LogP) is 1.71. The number of sulfonamides is 1. The summed E-state index contributed by atoms with van der Waals surface area (Å²) in [6.45, 7) is 2.86. The summed E-state index contributed by atoms with van der Waals surface area (Å²) in [6.07, 6.45) is 8.74. The third-order valence-electron chi connectivity index (χ3n) is 5.03. The third kappa shape index (κ3) is 4.12. The molecule has 1 aromatic rings. The summed E-state index contributed by atoms with van der Waals surface area (Å²) < 4.78 is 28.6. The van der Waals surface area contributed by atoms with Gasteiger partial charge in [-0.2, -0.15) is 0 Å². The molecular formula is C16H27N3O2S. The molecule has 2 fully saturated rings. The number of nitrogens with one attached hydrogen (secondary N) is 1. The fourth-order valence-corrected chi connectivity index (χ4v) is 4.72. The van der Waals surface area contributed by atoms with Crippen molar-refractivity contribution in [3.8, 4) is 0 Å². The lowest BCUT2D eigenvalue weighted by Gasteiger charge is -2.42. The van der Waals surface area contributed by atoms with Crippen LogP contribution in [0.2, 0.25) is 0 Å². The van der Waals surface area contributed by atoms with E-state index in [0.29, 0.717) is 0 Å². The third-order valence-corrected chi connectivity index (χ3v) is 5.83.